The van der Waals surface area contributed by atoms with Crippen LogP contribution in [0.5, 0.6) is 11.5 Å². The third kappa shape index (κ3) is 5.70. The van der Waals surface area contributed by atoms with E-state index in [0.29, 0.717) is 33.9 Å². The number of hydrogen-bond donors (Lipinski definition) is 3. The zero-order valence-corrected chi connectivity index (χ0v) is 22.4. The Labute approximate surface area is 226 Å². The standard InChI is InChI=1S/C29H27N5O4S/c1-19-10-4-5-11-23(19)31-26-14-8-9-15-27(26)39(35,36)34-29-28(32-24-12-6-7-13-25(24)33-29)30-20-16-21(37-2)18-22(17-20)38-3/h4-18,31H,1-3H3,(H,30,32)(H,33,34). The van der Waals surface area contributed by atoms with Gasteiger partial charge in [-0.15, -0.1) is 0 Å². The molecule has 1 aromatic heterocycles. The van der Waals surface area contributed by atoms with Crippen LogP contribution in [0.2, 0.25) is 0 Å². The lowest BCUT2D eigenvalue weighted by molar-refractivity contribution is 0.395. The van der Waals surface area contributed by atoms with Gasteiger partial charge in [-0.25, -0.2) is 18.4 Å². The summed E-state index contributed by atoms with van der Waals surface area (Å²) in [5.74, 6) is 1.38. The number of hydrogen-bond acceptors (Lipinski definition) is 8. The normalized spacial score (nSPS) is 11.2. The molecule has 4 aromatic carbocycles. The summed E-state index contributed by atoms with van der Waals surface area (Å²) in [6, 6.07) is 26.8. The molecule has 0 aliphatic rings. The summed E-state index contributed by atoms with van der Waals surface area (Å²) in [6.07, 6.45) is 0. The van der Waals surface area contributed by atoms with Gasteiger partial charge in [-0.05, 0) is 42.8 Å². The predicted molar refractivity (Wildman–Crippen MR) is 154 cm³/mol. The summed E-state index contributed by atoms with van der Waals surface area (Å²) < 4.78 is 40.9. The molecule has 198 valence electrons. The molecular formula is C29H27N5O4S. The summed E-state index contributed by atoms with van der Waals surface area (Å²) in [6.45, 7) is 1.95. The lowest BCUT2D eigenvalue weighted by atomic mass is 10.2. The van der Waals surface area contributed by atoms with E-state index in [1.54, 1.807) is 62.8 Å². The minimum Gasteiger partial charge on any atom is -0.497 e. The summed E-state index contributed by atoms with van der Waals surface area (Å²) in [4.78, 5) is 9.33. The van der Waals surface area contributed by atoms with Gasteiger partial charge in [0.2, 0.25) is 0 Å². The molecule has 0 bridgehead atoms. The first-order valence-electron chi connectivity index (χ1n) is 12.1. The van der Waals surface area contributed by atoms with Crippen molar-refractivity contribution in [3.05, 3.63) is 96.6 Å². The zero-order chi connectivity index (χ0) is 27.4. The van der Waals surface area contributed by atoms with E-state index in [-0.39, 0.29) is 16.5 Å². The minimum absolute atomic E-state index is 0.0428. The maximum Gasteiger partial charge on any atom is 0.265 e. The zero-order valence-electron chi connectivity index (χ0n) is 21.6. The Morgan fingerprint density at radius 3 is 1.87 bits per heavy atom. The summed E-state index contributed by atoms with van der Waals surface area (Å²) in [7, 11) is -0.987. The Hall–Kier alpha value is -4.83. The van der Waals surface area contributed by atoms with Gasteiger partial charge in [0, 0.05) is 29.6 Å². The maximum atomic E-state index is 13.8. The molecular weight excluding hydrogens is 514 g/mol. The number of methoxy groups -OCH3 is 2. The summed E-state index contributed by atoms with van der Waals surface area (Å²) in [5.41, 5.74) is 3.94. The van der Waals surface area contributed by atoms with E-state index in [2.05, 4.69) is 25.3 Å². The first-order chi connectivity index (χ1) is 18.9. The van der Waals surface area contributed by atoms with Crippen molar-refractivity contribution in [2.45, 2.75) is 11.8 Å². The molecule has 0 amide bonds. The van der Waals surface area contributed by atoms with Crippen LogP contribution in [0.25, 0.3) is 11.0 Å². The number of ether oxygens (including phenoxy) is 2. The molecule has 1 heterocycles. The molecule has 0 radical (unpaired) electrons. The van der Waals surface area contributed by atoms with Crippen molar-refractivity contribution in [1.29, 1.82) is 0 Å². The van der Waals surface area contributed by atoms with Crippen LogP contribution >= 0.6 is 0 Å². The largest absolute Gasteiger partial charge is 0.497 e. The maximum absolute atomic E-state index is 13.8. The molecule has 0 unspecified atom stereocenters. The van der Waals surface area contributed by atoms with Crippen molar-refractivity contribution in [1.82, 2.24) is 9.97 Å². The van der Waals surface area contributed by atoms with Crippen molar-refractivity contribution < 1.29 is 17.9 Å². The monoisotopic (exact) mass is 541 g/mol. The Bertz CT molecular complexity index is 1740. The second kappa shape index (κ2) is 10.9. The number of rotatable bonds is 9. The van der Waals surface area contributed by atoms with E-state index in [1.165, 1.54) is 6.07 Å². The Kier molecular flexibility index (Phi) is 7.20. The van der Waals surface area contributed by atoms with Gasteiger partial charge in [0.05, 0.1) is 30.9 Å². The van der Waals surface area contributed by atoms with Crippen molar-refractivity contribution in [2.24, 2.45) is 0 Å². The topological polar surface area (TPSA) is 114 Å². The van der Waals surface area contributed by atoms with E-state index in [4.69, 9.17) is 9.47 Å². The fourth-order valence-electron chi connectivity index (χ4n) is 4.02. The second-order valence-electron chi connectivity index (χ2n) is 8.68. The van der Waals surface area contributed by atoms with Crippen molar-refractivity contribution in [3.8, 4) is 11.5 Å². The Morgan fingerprint density at radius 2 is 1.23 bits per heavy atom. The third-order valence-electron chi connectivity index (χ3n) is 6.01. The number of fused-ring (bicyclic) bond motifs is 1. The van der Waals surface area contributed by atoms with Crippen LogP contribution in [0, 0.1) is 6.92 Å². The van der Waals surface area contributed by atoms with E-state index in [0.717, 1.165) is 11.3 Å². The minimum atomic E-state index is -4.09. The Morgan fingerprint density at radius 1 is 0.667 bits per heavy atom. The van der Waals surface area contributed by atoms with Crippen molar-refractivity contribution in [3.63, 3.8) is 0 Å². The van der Waals surface area contributed by atoms with Crippen molar-refractivity contribution in [2.75, 3.05) is 29.6 Å². The molecule has 0 saturated heterocycles. The van der Waals surface area contributed by atoms with Gasteiger partial charge >= 0.3 is 0 Å². The molecule has 3 N–H and O–H groups in total. The number of benzene rings is 4. The van der Waals surface area contributed by atoms with E-state index in [9.17, 15) is 8.42 Å². The average Bonchev–Trinajstić information content (AvgIpc) is 2.94. The van der Waals surface area contributed by atoms with E-state index < -0.39 is 10.0 Å². The first-order valence-corrected chi connectivity index (χ1v) is 13.6. The Balaban J connectivity index is 1.55. The fourth-order valence-corrected chi connectivity index (χ4v) is 5.19. The predicted octanol–water partition coefficient (Wildman–Crippen LogP) is 6.24. The SMILES string of the molecule is COc1cc(Nc2nc3ccccc3nc2NS(=O)(=O)c2ccccc2Nc2ccccc2C)cc(OC)c1. The number of sulfonamides is 1. The lowest BCUT2D eigenvalue weighted by Crippen LogP contribution is -2.17. The molecule has 9 nitrogen and oxygen atoms in total. The highest BCUT2D eigenvalue weighted by atomic mass is 32.2. The van der Waals surface area contributed by atoms with Crippen LogP contribution < -0.4 is 24.8 Å². The second-order valence-corrected chi connectivity index (χ2v) is 10.3. The molecule has 0 fully saturated rings. The van der Waals surface area contributed by atoms with Gasteiger partial charge in [-0.1, -0.05) is 42.5 Å². The van der Waals surface area contributed by atoms with Crippen LogP contribution in [-0.4, -0.2) is 32.6 Å². The number of nitrogens with one attached hydrogen (secondary N) is 3. The molecule has 0 atom stereocenters. The number of para-hydroxylation sites is 4. The van der Waals surface area contributed by atoms with Crippen LogP contribution in [0.1, 0.15) is 5.56 Å². The average molecular weight is 542 g/mol. The molecule has 39 heavy (non-hydrogen) atoms. The molecule has 0 aliphatic heterocycles. The highest BCUT2D eigenvalue weighted by molar-refractivity contribution is 7.92. The highest BCUT2D eigenvalue weighted by Crippen LogP contribution is 2.33. The van der Waals surface area contributed by atoms with Crippen LogP contribution in [0.15, 0.2) is 95.9 Å². The quantitative estimate of drug-likeness (QED) is 0.201. The molecule has 5 aromatic rings. The molecule has 0 spiro atoms. The smallest absolute Gasteiger partial charge is 0.265 e. The molecule has 5 rings (SSSR count). The van der Waals surface area contributed by atoms with Gasteiger partial charge in [0.15, 0.2) is 11.6 Å². The summed E-state index contributed by atoms with van der Waals surface area (Å²) >= 11 is 0. The first kappa shape index (κ1) is 25.8. The summed E-state index contributed by atoms with van der Waals surface area (Å²) in [5, 5.41) is 6.42. The van der Waals surface area contributed by atoms with E-state index >= 15 is 0 Å². The molecule has 0 saturated carbocycles. The van der Waals surface area contributed by atoms with Crippen LogP contribution in [-0.2, 0) is 10.0 Å². The van der Waals surface area contributed by atoms with Crippen molar-refractivity contribution >= 4 is 49.8 Å². The molecule has 10 heteroatoms. The molecule has 0 aliphatic carbocycles. The van der Waals surface area contributed by atoms with E-state index in [1.807, 2.05) is 43.3 Å². The number of anilines is 5. The van der Waals surface area contributed by atoms with Gasteiger partial charge in [0.1, 0.15) is 16.4 Å². The highest BCUT2D eigenvalue weighted by Gasteiger charge is 2.22. The van der Waals surface area contributed by atoms with Crippen LogP contribution in [0.3, 0.4) is 0 Å². The number of nitrogens with zero attached hydrogens (tertiary/aromatic N) is 2. The van der Waals surface area contributed by atoms with Crippen LogP contribution in [0.4, 0.5) is 28.7 Å². The van der Waals surface area contributed by atoms with Gasteiger partial charge in [-0.3, -0.25) is 4.72 Å². The van der Waals surface area contributed by atoms with Gasteiger partial charge < -0.3 is 20.1 Å². The lowest BCUT2D eigenvalue weighted by Gasteiger charge is -2.17. The van der Waals surface area contributed by atoms with Gasteiger partial charge in [0.25, 0.3) is 10.0 Å². The number of aromatic nitrogens is 2. The number of aryl methyl sites for hydroxylation is 1. The third-order valence-corrected chi connectivity index (χ3v) is 7.40. The fraction of sp³-hybridized carbons (Fsp3) is 0.103. The van der Waals surface area contributed by atoms with Gasteiger partial charge in [-0.2, -0.15) is 0 Å².